The summed E-state index contributed by atoms with van der Waals surface area (Å²) >= 11 is 0. The Labute approximate surface area is 165 Å². The first kappa shape index (κ1) is 19.8. The van der Waals surface area contributed by atoms with Crippen LogP contribution in [0, 0.1) is 0 Å². The molecule has 0 saturated carbocycles. The van der Waals surface area contributed by atoms with E-state index in [1.807, 2.05) is 48.5 Å². The Morgan fingerprint density at radius 2 is 1.79 bits per heavy atom. The number of hydrogen-bond donors (Lipinski definition) is 1. The van der Waals surface area contributed by atoms with Crippen LogP contribution in [0.5, 0.6) is 0 Å². The van der Waals surface area contributed by atoms with E-state index in [-0.39, 0.29) is 12.5 Å². The van der Waals surface area contributed by atoms with Crippen LogP contribution in [-0.2, 0) is 20.7 Å². The molecule has 28 heavy (non-hydrogen) atoms. The molecular weight excluding hydrogens is 356 g/mol. The third kappa shape index (κ3) is 5.53. The number of ether oxygens (including phenoxy) is 1. The van der Waals surface area contributed by atoms with Crippen molar-refractivity contribution in [1.82, 2.24) is 15.2 Å². The lowest BCUT2D eigenvalue weighted by Crippen LogP contribution is -2.52. The van der Waals surface area contributed by atoms with Gasteiger partial charge in [0.05, 0.1) is 13.7 Å². The summed E-state index contributed by atoms with van der Waals surface area (Å²) in [6.07, 6.45) is 2.20. The topological polar surface area (TPSA) is 74.8 Å². The number of benzene rings is 1. The first-order valence-corrected chi connectivity index (χ1v) is 9.45. The maximum atomic E-state index is 12.5. The lowest BCUT2D eigenvalue weighted by molar-refractivity contribution is -0.145. The minimum Gasteiger partial charge on any atom is -0.467 e. The monoisotopic (exact) mass is 382 g/mol. The average molecular weight is 382 g/mol. The predicted molar refractivity (Wildman–Crippen MR) is 107 cm³/mol. The molecule has 0 unspecified atom stereocenters. The molecule has 1 amide bonds. The van der Waals surface area contributed by atoms with Crippen molar-refractivity contribution in [2.75, 3.05) is 44.7 Å². The number of nitrogens with zero attached hydrogens (tertiary/aromatic N) is 3. The number of piperazine rings is 1. The van der Waals surface area contributed by atoms with Gasteiger partial charge in [0.1, 0.15) is 11.9 Å². The fourth-order valence-electron chi connectivity index (χ4n) is 3.30. The fourth-order valence-corrected chi connectivity index (χ4v) is 3.30. The van der Waals surface area contributed by atoms with Crippen molar-refractivity contribution >= 4 is 17.7 Å². The minimum absolute atomic E-state index is 0.169. The lowest BCUT2D eigenvalue weighted by atomic mass is 10.1. The number of esters is 1. The third-order valence-electron chi connectivity index (χ3n) is 4.82. The largest absolute Gasteiger partial charge is 0.467 e. The van der Waals surface area contributed by atoms with Gasteiger partial charge in [-0.25, -0.2) is 9.78 Å². The Balaban J connectivity index is 1.50. The van der Waals surface area contributed by atoms with Crippen LogP contribution in [0.4, 0.5) is 5.82 Å². The Hall–Kier alpha value is -2.93. The van der Waals surface area contributed by atoms with Gasteiger partial charge >= 0.3 is 5.97 Å². The van der Waals surface area contributed by atoms with Crippen LogP contribution in [-0.4, -0.2) is 67.6 Å². The predicted octanol–water partition coefficient (Wildman–Crippen LogP) is 1.10. The number of carbonyl (C=O) groups excluding carboxylic acids is 2. The molecule has 0 bridgehead atoms. The van der Waals surface area contributed by atoms with Gasteiger partial charge in [0.25, 0.3) is 0 Å². The number of pyridine rings is 1. The van der Waals surface area contributed by atoms with Gasteiger partial charge in [-0.3, -0.25) is 9.69 Å². The molecule has 1 atom stereocenters. The fraction of sp³-hybridized carbons (Fsp3) is 0.381. The summed E-state index contributed by atoms with van der Waals surface area (Å²) in [6.45, 7) is 3.43. The maximum Gasteiger partial charge on any atom is 0.328 e. The van der Waals surface area contributed by atoms with Crippen molar-refractivity contribution < 1.29 is 14.3 Å². The summed E-state index contributed by atoms with van der Waals surface area (Å²) in [7, 11) is 1.34. The lowest BCUT2D eigenvalue weighted by Gasteiger charge is -2.35. The third-order valence-corrected chi connectivity index (χ3v) is 4.82. The van der Waals surface area contributed by atoms with E-state index in [0.29, 0.717) is 6.42 Å². The number of nitrogens with one attached hydrogen (secondary N) is 1. The summed E-state index contributed by atoms with van der Waals surface area (Å²) in [6, 6.07) is 14.8. The number of hydrogen-bond acceptors (Lipinski definition) is 6. The molecule has 148 valence electrons. The van der Waals surface area contributed by atoms with Crippen molar-refractivity contribution in [3.63, 3.8) is 0 Å². The number of amides is 1. The molecule has 1 aromatic heterocycles. The summed E-state index contributed by atoms with van der Waals surface area (Å²) < 4.78 is 4.86. The Morgan fingerprint density at radius 1 is 1.07 bits per heavy atom. The van der Waals surface area contributed by atoms with E-state index in [1.165, 1.54) is 7.11 Å². The molecule has 0 radical (unpaired) electrons. The maximum absolute atomic E-state index is 12.5. The van der Waals surface area contributed by atoms with Crippen molar-refractivity contribution in [2.24, 2.45) is 0 Å². The number of anilines is 1. The summed E-state index contributed by atoms with van der Waals surface area (Å²) in [4.78, 5) is 33.2. The summed E-state index contributed by atoms with van der Waals surface area (Å²) in [5.74, 6) is 0.356. The molecular formula is C21H26N4O3. The highest BCUT2D eigenvalue weighted by Gasteiger charge is 2.24. The van der Waals surface area contributed by atoms with Gasteiger partial charge in [-0.2, -0.15) is 0 Å². The SMILES string of the molecule is COC(=O)[C@@H](Cc1ccccc1)NC(=O)CN1CCN(c2ccccn2)CC1. The zero-order valence-corrected chi connectivity index (χ0v) is 16.1. The normalized spacial score (nSPS) is 15.7. The van der Waals surface area contributed by atoms with E-state index in [0.717, 1.165) is 37.6 Å². The first-order chi connectivity index (χ1) is 13.7. The van der Waals surface area contributed by atoms with Gasteiger partial charge in [0, 0.05) is 38.8 Å². The van der Waals surface area contributed by atoms with Crippen LogP contribution in [0.1, 0.15) is 5.56 Å². The Kier molecular flexibility index (Phi) is 6.97. The van der Waals surface area contributed by atoms with Gasteiger partial charge in [-0.1, -0.05) is 36.4 Å². The molecule has 1 aliphatic heterocycles. The number of aromatic nitrogens is 1. The van der Waals surface area contributed by atoms with Crippen molar-refractivity contribution in [2.45, 2.75) is 12.5 Å². The minimum atomic E-state index is -0.685. The molecule has 1 fully saturated rings. The standard InChI is InChI=1S/C21H26N4O3/c1-28-21(27)18(15-17-7-3-2-4-8-17)23-20(26)16-24-11-13-25(14-12-24)19-9-5-6-10-22-19/h2-10,18H,11-16H2,1H3,(H,23,26)/t18-/m1/s1. The van der Waals surface area contributed by atoms with Gasteiger partial charge in [-0.05, 0) is 17.7 Å². The molecule has 2 aromatic rings. The Bertz CT molecular complexity index is 762. The van der Waals surface area contributed by atoms with Gasteiger partial charge in [0.15, 0.2) is 0 Å². The van der Waals surface area contributed by atoms with E-state index >= 15 is 0 Å². The highest BCUT2D eigenvalue weighted by atomic mass is 16.5. The van der Waals surface area contributed by atoms with E-state index in [4.69, 9.17) is 4.74 Å². The van der Waals surface area contributed by atoms with Crippen LogP contribution < -0.4 is 10.2 Å². The molecule has 2 heterocycles. The molecule has 0 aliphatic carbocycles. The summed E-state index contributed by atoms with van der Waals surface area (Å²) in [5, 5.41) is 2.83. The molecule has 7 heteroatoms. The molecule has 1 N–H and O–H groups in total. The molecule has 0 spiro atoms. The highest BCUT2D eigenvalue weighted by molar-refractivity contribution is 5.85. The Morgan fingerprint density at radius 3 is 2.43 bits per heavy atom. The summed E-state index contributed by atoms with van der Waals surface area (Å²) in [5.41, 5.74) is 0.974. The molecule has 3 rings (SSSR count). The van der Waals surface area contributed by atoms with Crippen molar-refractivity contribution in [1.29, 1.82) is 0 Å². The zero-order valence-electron chi connectivity index (χ0n) is 16.1. The van der Waals surface area contributed by atoms with Crippen molar-refractivity contribution in [3.05, 3.63) is 60.3 Å². The van der Waals surface area contributed by atoms with Crippen LogP contribution >= 0.6 is 0 Å². The van der Waals surface area contributed by atoms with Crippen molar-refractivity contribution in [3.8, 4) is 0 Å². The first-order valence-electron chi connectivity index (χ1n) is 9.45. The second-order valence-electron chi connectivity index (χ2n) is 6.78. The average Bonchev–Trinajstić information content (AvgIpc) is 2.74. The molecule has 7 nitrogen and oxygen atoms in total. The van der Waals surface area contributed by atoms with Crippen LogP contribution in [0.25, 0.3) is 0 Å². The van der Waals surface area contributed by atoms with Gasteiger partial charge < -0.3 is 15.0 Å². The number of methoxy groups -OCH3 is 1. The number of rotatable bonds is 7. The van der Waals surface area contributed by atoms with Crippen LogP contribution in [0.2, 0.25) is 0 Å². The van der Waals surface area contributed by atoms with Crippen LogP contribution in [0.15, 0.2) is 54.7 Å². The molecule has 1 aliphatic rings. The van der Waals surface area contributed by atoms with E-state index < -0.39 is 12.0 Å². The van der Waals surface area contributed by atoms with Gasteiger partial charge in [-0.15, -0.1) is 0 Å². The zero-order chi connectivity index (χ0) is 19.8. The quantitative estimate of drug-likeness (QED) is 0.723. The molecule has 1 saturated heterocycles. The van der Waals surface area contributed by atoms with Crippen LogP contribution in [0.3, 0.4) is 0 Å². The highest BCUT2D eigenvalue weighted by Crippen LogP contribution is 2.12. The van der Waals surface area contributed by atoms with E-state index in [9.17, 15) is 9.59 Å². The van der Waals surface area contributed by atoms with Gasteiger partial charge in [0.2, 0.25) is 5.91 Å². The number of carbonyl (C=O) groups is 2. The van der Waals surface area contributed by atoms with E-state index in [1.54, 1.807) is 6.20 Å². The molecule has 1 aromatic carbocycles. The second-order valence-corrected chi connectivity index (χ2v) is 6.78. The second kappa shape index (κ2) is 9.85. The smallest absolute Gasteiger partial charge is 0.328 e. The van der Waals surface area contributed by atoms with E-state index in [2.05, 4.69) is 20.1 Å².